The van der Waals surface area contributed by atoms with Crippen LogP contribution < -0.4 is 10.0 Å². The van der Waals surface area contributed by atoms with Gasteiger partial charge in [-0.2, -0.15) is 0 Å². The molecule has 0 saturated heterocycles. The van der Waals surface area contributed by atoms with E-state index >= 15 is 0 Å². The minimum absolute atomic E-state index is 0.0802. The van der Waals surface area contributed by atoms with Gasteiger partial charge >= 0.3 is 0 Å². The number of anilines is 1. The molecule has 1 aliphatic carbocycles. The smallest absolute Gasteiger partial charge is 0.240 e. The molecule has 0 aliphatic heterocycles. The van der Waals surface area contributed by atoms with Crippen molar-refractivity contribution in [2.45, 2.75) is 56.9 Å². The third kappa shape index (κ3) is 4.71. The van der Waals surface area contributed by atoms with Crippen LogP contribution in [0.25, 0.3) is 0 Å². The van der Waals surface area contributed by atoms with Gasteiger partial charge in [0.05, 0.1) is 4.90 Å². The Morgan fingerprint density at radius 1 is 1.19 bits per heavy atom. The van der Waals surface area contributed by atoms with Crippen LogP contribution in [0, 0.1) is 5.92 Å². The molecule has 0 aromatic heterocycles. The zero-order chi connectivity index (χ0) is 15.3. The number of sulfonamides is 1. The summed E-state index contributed by atoms with van der Waals surface area (Å²) in [4.78, 5) is 0.350. The molecule has 1 aromatic rings. The third-order valence-corrected chi connectivity index (χ3v) is 5.54. The Balaban J connectivity index is 2.01. The van der Waals surface area contributed by atoms with Gasteiger partial charge in [-0.05, 0) is 49.4 Å². The molecule has 2 unspecified atom stereocenters. The minimum atomic E-state index is -3.40. The molecular formula is C16H26N2O2S. The highest BCUT2D eigenvalue weighted by molar-refractivity contribution is 7.89. The number of hydrogen-bond donors (Lipinski definition) is 2. The molecule has 2 atom stereocenters. The summed E-state index contributed by atoms with van der Waals surface area (Å²) < 4.78 is 27.7. The molecule has 2 N–H and O–H groups in total. The van der Waals surface area contributed by atoms with Crippen molar-refractivity contribution in [3.05, 3.63) is 24.3 Å². The molecule has 118 valence electrons. The maximum absolute atomic E-state index is 12.4. The molecule has 1 aromatic carbocycles. The van der Waals surface area contributed by atoms with Gasteiger partial charge in [-0.25, -0.2) is 13.1 Å². The second-order valence-electron chi connectivity index (χ2n) is 6.04. The summed E-state index contributed by atoms with van der Waals surface area (Å²) >= 11 is 0. The van der Waals surface area contributed by atoms with Crippen molar-refractivity contribution in [1.29, 1.82) is 0 Å². The van der Waals surface area contributed by atoms with Gasteiger partial charge in [0, 0.05) is 18.3 Å². The first-order valence-corrected chi connectivity index (χ1v) is 9.36. The van der Waals surface area contributed by atoms with Crippen molar-refractivity contribution >= 4 is 15.7 Å². The topological polar surface area (TPSA) is 58.2 Å². The van der Waals surface area contributed by atoms with E-state index in [9.17, 15) is 8.42 Å². The lowest BCUT2D eigenvalue weighted by molar-refractivity contribution is 0.327. The zero-order valence-corrected chi connectivity index (χ0v) is 13.7. The number of rotatable bonds is 6. The van der Waals surface area contributed by atoms with Crippen molar-refractivity contribution in [2.75, 3.05) is 11.9 Å². The molecule has 1 fully saturated rings. The summed E-state index contributed by atoms with van der Waals surface area (Å²) in [5, 5.41) is 3.24. The van der Waals surface area contributed by atoms with E-state index in [1.54, 1.807) is 12.1 Å². The average molecular weight is 310 g/mol. The van der Waals surface area contributed by atoms with E-state index in [1.165, 1.54) is 6.42 Å². The van der Waals surface area contributed by atoms with Gasteiger partial charge in [-0.3, -0.25) is 0 Å². The summed E-state index contributed by atoms with van der Waals surface area (Å²) in [6, 6.07) is 7.08. The summed E-state index contributed by atoms with van der Waals surface area (Å²) in [7, 11) is -3.40. The first kappa shape index (κ1) is 16.3. The molecule has 0 amide bonds. The normalized spacial score (nSPS) is 23.0. The van der Waals surface area contributed by atoms with Gasteiger partial charge in [0.15, 0.2) is 0 Å². The first-order chi connectivity index (χ1) is 10.0. The lowest BCUT2D eigenvalue weighted by atomic mass is 9.88. The van der Waals surface area contributed by atoms with Crippen LogP contribution in [-0.2, 0) is 10.0 Å². The van der Waals surface area contributed by atoms with E-state index in [-0.39, 0.29) is 6.04 Å². The fourth-order valence-electron chi connectivity index (χ4n) is 2.85. The molecule has 2 rings (SSSR count). The highest BCUT2D eigenvalue weighted by Gasteiger charge is 2.24. The second-order valence-corrected chi connectivity index (χ2v) is 7.76. The Kier molecular flexibility index (Phi) is 5.65. The Morgan fingerprint density at radius 3 is 2.52 bits per heavy atom. The molecule has 4 nitrogen and oxygen atoms in total. The van der Waals surface area contributed by atoms with E-state index in [1.807, 2.05) is 12.1 Å². The van der Waals surface area contributed by atoms with E-state index in [2.05, 4.69) is 23.9 Å². The lowest BCUT2D eigenvalue weighted by Crippen LogP contribution is -2.37. The monoisotopic (exact) mass is 310 g/mol. The zero-order valence-electron chi connectivity index (χ0n) is 12.9. The highest BCUT2D eigenvalue weighted by atomic mass is 32.2. The maximum Gasteiger partial charge on any atom is 0.240 e. The molecule has 1 saturated carbocycles. The molecule has 5 heteroatoms. The fraction of sp³-hybridized carbons (Fsp3) is 0.625. The van der Waals surface area contributed by atoms with Crippen LogP contribution in [0.2, 0.25) is 0 Å². The maximum atomic E-state index is 12.4. The number of benzene rings is 1. The van der Waals surface area contributed by atoms with Crippen LogP contribution >= 0.6 is 0 Å². The molecular weight excluding hydrogens is 284 g/mol. The summed E-state index contributed by atoms with van der Waals surface area (Å²) in [6.07, 6.45) is 5.24. The van der Waals surface area contributed by atoms with Crippen molar-refractivity contribution in [3.63, 3.8) is 0 Å². The Morgan fingerprint density at radius 2 is 1.90 bits per heavy atom. The van der Waals surface area contributed by atoms with Gasteiger partial charge in [0.25, 0.3) is 0 Å². The van der Waals surface area contributed by atoms with E-state index in [0.717, 1.165) is 37.9 Å². The Hall–Kier alpha value is -1.07. The summed E-state index contributed by atoms with van der Waals surface area (Å²) in [5.41, 5.74) is 0.960. The molecule has 21 heavy (non-hydrogen) atoms. The van der Waals surface area contributed by atoms with Crippen LogP contribution in [0.15, 0.2) is 29.2 Å². The summed E-state index contributed by atoms with van der Waals surface area (Å²) in [5.74, 6) is 0.604. The standard InChI is InChI=1S/C16H26N2O2S/c1-3-11-17-14-7-9-16(10-8-14)21(19,20)18-15-6-4-5-13(2)12-15/h7-10,13,15,17-18H,3-6,11-12H2,1-2H3. The van der Waals surface area contributed by atoms with E-state index < -0.39 is 10.0 Å². The van der Waals surface area contributed by atoms with Gasteiger partial charge in [0.2, 0.25) is 10.0 Å². The average Bonchev–Trinajstić information content (AvgIpc) is 2.45. The largest absolute Gasteiger partial charge is 0.385 e. The molecule has 0 bridgehead atoms. The predicted molar refractivity (Wildman–Crippen MR) is 87.0 cm³/mol. The van der Waals surface area contributed by atoms with Gasteiger partial charge < -0.3 is 5.32 Å². The Bertz CT molecular complexity index is 540. The highest BCUT2D eigenvalue weighted by Crippen LogP contribution is 2.25. The lowest BCUT2D eigenvalue weighted by Gasteiger charge is -2.27. The fourth-order valence-corrected chi connectivity index (χ4v) is 4.13. The molecule has 0 spiro atoms. The van der Waals surface area contributed by atoms with Crippen molar-refractivity contribution < 1.29 is 8.42 Å². The van der Waals surface area contributed by atoms with Crippen molar-refractivity contribution in [2.24, 2.45) is 5.92 Å². The van der Waals surface area contributed by atoms with E-state index in [0.29, 0.717) is 10.8 Å². The molecule has 0 heterocycles. The third-order valence-electron chi connectivity index (χ3n) is 4.00. The molecule has 1 aliphatic rings. The first-order valence-electron chi connectivity index (χ1n) is 7.87. The van der Waals surface area contributed by atoms with Crippen LogP contribution in [0.4, 0.5) is 5.69 Å². The van der Waals surface area contributed by atoms with Crippen LogP contribution in [0.5, 0.6) is 0 Å². The van der Waals surface area contributed by atoms with Crippen LogP contribution in [-0.4, -0.2) is 21.0 Å². The quantitative estimate of drug-likeness (QED) is 0.847. The van der Waals surface area contributed by atoms with Gasteiger partial charge in [-0.15, -0.1) is 0 Å². The SMILES string of the molecule is CCCNc1ccc(S(=O)(=O)NC2CCCC(C)C2)cc1. The van der Waals surface area contributed by atoms with Crippen LogP contribution in [0.3, 0.4) is 0 Å². The predicted octanol–water partition coefficient (Wildman–Crippen LogP) is 3.37. The number of hydrogen-bond acceptors (Lipinski definition) is 3. The van der Waals surface area contributed by atoms with Crippen LogP contribution in [0.1, 0.15) is 46.0 Å². The summed E-state index contributed by atoms with van der Waals surface area (Å²) in [6.45, 7) is 5.18. The Labute approximate surface area is 128 Å². The second kappa shape index (κ2) is 7.27. The number of nitrogens with one attached hydrogen (secondary N) is 2. The van der Waals surface area contributed by atoms with Crippen molar-refractivity contribution in [3.8, 4) is 0 Å². The van der Waals surface area contributed by atoms with E-state index in [4.69, 9.17) is 0 Å². The molecule has 0 radical (unpaired) electrons. The van der Waals surface area contributed by atoms with Crippen molar-refractivity contribution in [1.82, 2.24) is 4.72 Å². The van der Waals surface area contributed by atoms with Gasteiger partial charge in [0.1, 0.15) is 0 Å². The van der Waals surface area contributed by atoms with Gasteiger partial charge in [-0.1, -0.05) is 26.7 Å². The minimum Gasteiger partial charge on any atom is -0.385 e.